The number of nitrogen functional groups attached to an aromatic ring is 2. The molecule has 0 bridgehead atoms. The minimum Gasteiger partial charge on any atom is -0.382 e. The highest BCUT2D eigenvalue weighted by Gasteiger charge is 2.08. The Morgan fingerprint density at radius 3 is 2.91 bits per heavy atom. The third-order valence-corrected chi connectivity index (χ3v) is 3.26. The first-order valence-electron chi connectivity index (χ1n) is 6.97. The Hall–Kier alpha value is -3.29. The Labute approximate surface area is 132 Å². The quantitative estimate of drug-likeness (QED) is 0.701. The van der Waals surface area contributed by atoms with Gasteiger partial charge in [-0.05, 0) is 12.2 Å². The molecule has 0 unspecified atom stereocenters. The van der Waals surface area contributed by atoms with E-state index in [1.165, 1.54) is 0 Å². The van der Waals surface area contributed by atoms with Crippen LogP contribution in [0.1, 0.15) is 12.1 Å². The molecule has 0 radical (unpaired) electrons. The Morgan fingerprint density at radius 1 is 1.22 bits per heavy atom. The number of allylic oxidation sites excluding steroid dienone is 5. The highest BCUT2D eigenvalue weighted by atomic mass is 16.1. The number of aldehydes is 1. The number of nitrogens with zero attached hydrogens (tertiary/aromatic N) is 4. The van der Waals surface area contributed by atoms with Crippen LogP contribution in [0.4, 0.5) is 11.8 Å². The van der Waals surface area contributed by atoms with Gasteiger partial charge in [-0.1, -0.05) is 12.2 Å². The molecule has 116 valence electrons. The summed E-state index contributed by atoms with van der Waals surface area (Å²) in [5, 5.41) is 3.26. The van der Waals surface area contributed by atoms with E-state index in [4.69, 9.17) is 11.5 Å². The maximum Gasteiger partial charge on any atom is 0.224 e. The zero-order valence-electron chi connectivity index (χ0n) is 12.2. The van der Waals surface area contributed by atoms with Crippen LogP contribution in [0.2, 0.25) is 0 Å². The first-order chi connectivity index (χ1) is 11.2. The molecule has 0 saturated carbocycles. The van der Waals surface area contributed by atoms with Crippen molar-refractivity contribution in [1.29, 1.82) is 0 Å². The normalized spacial score (nSPS) is 14.1. The van der Waals surface area contributed by atoms with E-state index in [1.807, 2.05) is 12.2 Å². The van der Waals surface area contributed by atoms with Gasteiger partial charge < -0.3 is 16.8 Å². The summed E-state index contributed by atoms with van der Waals surface area (Å²) >= 11 is 0. The molecule has 8 nitrogen and oxygen atoms in total. The highest BCUT2D eigenvalue weighted by Crippen LogP contribution is 2.15. The van der Waals surface area contributed by atoms with E-state index in [9.17, 15) is 4.79 Å². The molecule has 0 spiro atoms. The van der Waals surface area contributed by atoms with Crippen LogP contribution in [0.3, 0.4) is 0 Å². The fourth-order valence-corrected chi connectivity index (χ4v) is 2.12. The van der Waals surface area contributed by atoms with Crippen LogP contribution >= 0.6 is 0 Å². The molecule has 0 aromatic carbocycles. The van der Waals surface area contributed by atoms with Crippen molar-refractivity contribution in [3.8, 4) is 0 Å². The van der Waals surface area contributed by atoms with Crippen LogP contribution in [0.25, 0.3) is 11.2 Å². The van der Waals surface area contributed by atoms with Crippen LogP contribution in [-0.2, 0) is 11.3 Å². The van der Waals surface area contributed by atoms with E-state index >= 15 is 0 Å². The lowest BCUT2D eigenvalue weighted by atomic mass is 10.2. The van der Waals surface area contributed by atoms with E-state index < -0.39 is 0 Å². The monoisotopic (exact) mass is 309 g/mol. The van der Waals surface area contributed by atoms with E-state index in [2.05, 4.69) is 25.3 Å². The zero-order valence-corrected chi connectivity index (χ0v) is 12.2. The molecule has 2 heterocycles. The Balaban J connectivity index is 1.77. The number of carbonyl (C=O) groups excluding carboxylic acids is 1. The second kappa shape index (κ2) is 6.22. The van der Waals surface area contributed by atoms with Gasteiger partial charge in [-0.25, -0.2) is 9.97 Å². The predicted octanol–water partition coefficient (Wildman–Crippen LogP) is 0.643. The average Bonchev–Trinajstić information content (AvgIpc) is 2.78. The maximum absolute atomic E-state index is 10.8. The molecule has 1 aliphatic carbocycles. The van der Waals surface area contributed by atoms with Gasteiger partial charge >= 0.3 is 0 Å². The number of anilines is 2. The summed E-state index contributed by atoms with van der Waals surface area (Å²) in [6, 6.07) is 0. The number of fused-ring (bicyclic) bond motifs is 1. The van der Waals surface area contributed by atoms with Gasteiger partial charge in [-0.15, -0.1) is 0 Å². The molecule has 3 rings (SSSR count). The van der Waals surface area contributed by atoms with Gasteiger partial charge in [0.15, 0.2) is 17.0 Å². The van der Waals surface area contributed by atoms with Gasteiger partial charge in [-0.3, -0.25) is 4.79 Å². The second-order valence-corrected chi connectivity index (χ2v) is 4.94. The number of aromatic nitrogens is 4. The van der Waals surface area contributed by atoms with Crippen molar-refractivity contribution in [2.24, 2.45) is 0 Å². The maximum atomic E-state index is 10.8. The van der Waals surface area contributed by atoms with Gasteiger partial charge in [0.2, 0.25) is 5.95 Å². The summed E-state index contributed by atoms with van der Waals surface area (Å²) in [6.45, 7) is 0.469. The molecule has 0 aliphatic heterocycles. The number of hydrogen-bond acceptors (Lipinski definition) is 8. The second-order valence-electron chi connectivity index (χ2n) is 4.94. The van der Waals surface area contributed by atoms with Gasteiger partial charge in [0.1, 0.15) is 6.29 Å². The first-order valence-corrected chi connectivity index (χ1v) is 6.97. The summed E-state index contributed by atoms with van der Waals surface area (Å²) in [5.41, 5.74) is 14.4. The van der Waals surface area contributed by atoms with Crippen LogP contribution in [-0.4, -0.2) is 26.2 Å². The molecular weight excluding hydrogens is 294 g/mol. The minimum absolute atomic E-state index is 0.0725. The molecule has 0 saturated heterocycles. The van der Waals surface area contributed by atoms with Crippen LogP contribution in [0.15, 0.2) is 41.8 Å². The van der Waals surface area contributed by atoms with Crippen LogP contribution in [0, 0.1) is 0 Å². The van der Waals surface area contributed by atoms with Crippen LogP contribution in [0.5, 0.6) is 0 Å². The van der Waals surface area contributed by atoms with Gasteiger partial charge in [-0.2, -0.15) is 9.97 Å². The predicted molar refractivity (Wildman–Crippen MR) is 86.8 cm³/mol. The van der Waals surface area contributed by atoms with Gasteiger partial charge in [0.05, 0.1) is 18.4 Å². The van der Waals surface area contributed by atoms with Crippen molar-refractivity contribution in [2.75, 3.05) is 11.5 Å². The highest BCUT2D eigenvalue weighted by molar-refractivity contribution is 5.81. The molecule has 23 heavy (non-hydrogen) atoms. The molecule has 0 atom stereocenters. The van der Waals surface area contributed by atoms with Crippen molar-refractivity contribution in [3.63, 3.8) is 0 Å². The first kappa shape index (κ1) is 14.6. The summed E-state index contributed by atoms with van der Waals surface area (Å²) in [6.07, 6.45) is 10.5. The molecule has 0 fully saturated rings. The van der Waals surface area contributed by atoms with E-state index in [1.54, 1.807) is 18.3 Å². The molecule has 2 aromatic rings. The number of nitrogens with two attached hydrogens (primary N) is 2. The number of hydrogen-bond donors (Lipinski definition) is 3. The lowest BCUT2D eigenvalue weighted by Crippen LogP contribution is -2.14. The molecule has 2 aromatic heterocycles. The average molecular weight is 309 g/mol. The Bertz CT molecular complexity index is 854. The van der Waals surface area contributed by atoms with E-state index in [0.717, 1.165) is 12.0 Å². The molecule has 5 N–H and O–H groups in total. The largest absolute Gasteiger partial charge is 0.382 e. The topological polar surface area (TPSA) is 133 Å². The van der Waals surface area contributed by atoms with E-state index in [-0.39, 0.29) is 11.8 Å². The Morgan fingerprint density at radius 2 is 2.09 bits per heavy atom. The molecule has 0 amide bonds. The van der Waals surface area contributed by atoms with Crippen molar-refractivity contribution in [3.05, 3.63) is 47.5 Å². The van der Waals surface area contributed by atoms with Crippen molar-refractivity contribution < 1.29 is 4.79 Å². The molecule has 8 heteroatoms. The minimum atomic E-state index is 0.0725. The number of carbonyl (C=O) groups is 1. The van der Waals surface area contributed by atoms with Crippen LogP contribution < -0.4 is 16.8 Å². The smallest absolute Gasteiger partial charge is 0.224 e. The number of nitrogens with one attached hydrogen (secondary N) is 1. The standard InChI is InChI=1S/C15H15N7O/c16-13-12-14(22-15(17)21-13)19-7-11(20-12)6-18-10-3-1-2-9(8-23)4-5-10/h1-2,4-5,7-8,18H,3,6H2,(H4,16,17,19,21,22). The fraction of sp³-hybridized carbons (Fsp3) is 0.133. The zero-order chi connectivity index (χ0) is 16.2. The van der Waals surface area contributed by atoms with E-state index in [0.29, 0.717) is 35.4 Å². The summed E-state index contributed by atoms with van der Waals surface area (Å²) in [5.74, 6) is 0.278. The lowest BCUT2D eigenvalue weighted by molar-refractivity contribution is -0.104. The fourth-order valence-electron chi connectivity index (χ4n) is 2.12. The number of rotatable bonds is 4. The third-order valence-electron chi connectivity index (χ3n) is 3.26. The summed E-state index contributed by atoms with van der Waals surface area (Å²) in [7, 11) is 0. The third kappa shape index (κ3) is 3.31. The van der Waals surface area contributed by atoms with Gasteiger partial charge in [0, 0.05) is 17.7 Å². The van der Waals surface area contributed by atoms with Crippen molar-refractivity contribution >= 4 is 29.2 Å². The van der Waals surface area contributed by atoms with Gasteiger partial charge in [0.25, 0.3) is 0 Å². The molecule has 1 aliphatic rings. The lowest BCUT2D eigenvalue weighted by Gasteiger charge is -2.08. The van der Waals surface area contributed by atoms with Crippen molar-refractivity contribution in [1.82, 2.24) is 25.3 Å². The summed E-state index contributed by atoms with van der Waals surface area (Å²) in [4.78, 5) is 27.2. The summed E-state index contributed by atoms with van der Waals surface area (Å²) < 4.78 is 0. The van der Waals surface area contributed by atoms with Crippen molar-refractivity contribution in [2.45, 2.75) is 13.0 Å². The SMILES string of the molecule is Nc1nc(N)c2nc(CNC3=CC=C(C=O)C=CC3)cnc2n1. The molecular formula is C15H15N7O. The Kier molecular flexibility index (Phi) is 3.96.